The molecule has 0 saturated heterocycles. The first-order chi connectivity index (χ1) is 19.6. The molecule has 2 amide bonds. The second-order valence-electron chi connectivity index (χ2n) is 9.38. The SMILES string of the molecule is CCCCNC(=O)[C@H](CC)N(Cc1ccc(Cl)cc1)C(=O)CN(c1ccc(F)cc1)S(=O)(=O)c1ccc(OC)cc1. The van der Waals surface area contributed by atoms with Crippen molar-refractivity contribution in [2.24, 2.45) is 0 Å². The van der Waals surface area contributed by atoms with E-state index in [0.717, 1.165) is 29.3 Å². The lowest BCUT2D eigenvalue weighted by molar-refractivity contribution is -0.140. The average Bonchev–Trinajstić information content (AvgIpc) is 2.97. The van der Waals surface area contributed by atoms with E-state index < -0.39 is 34.3 Å². The molecule has 3 aromatic rings. The zero-order chi connectivity index (χ0) is 30.0. The summed E-state index contributed by atoms with van der Waals surface area (Å²) >= 11 is 6.04. The minimum atomic E-state index is -4.28. The molecule has 0 aromatic heterocycles. The van der Waals surface area contributed by atoms with Crippen molar-refractivity contribution < 1.29 is 27.1 Å². The molecule has 1 atom stereocenters. The Morgan fingerprint density at radius 2 is 1.61 bits per heavy atom. The van der Waals surface area contributed by atoms with Crippen LogP contribution in [0.1, 0.15) is 38.7 Å². The fourth-order valence-corrected chi connectivity index (χ4v) is 5.76. The van der Waals surface area contributed by atoms with Crippen LogP contribution in [0.15, 0.2) is 77.7 Å². The Kier molecular flexibility index (Phi) is 11.5. The van der Waals surface area contributed by atoms with Crippen molar-refractivity contribution in [3.63, 3.8) is 0 Å². The first-order valence-corrected chi connectivity index (χ1v) is 15.2. The fourth-order valence-electron chi connectivity index (χ4n) is 4.22. The number of sulfonamides is 1. The van der Waals surface area contributed by atoms with Crippen LogP contribution in [0.5, 0.6) is 5.75 Å². The van der Waals surface area contributed by atoms with E-state index in [2.05, 4.69) is 5.32 Å². The maximum absolute atomic E-state index is 14.0. The molecule has 0 radical (unpaired) electrons. The monoisotopic (exact) mass is 603 g/mol. The van der Waals surface area contributed by atoms with E-state index in [4.69, 9.17) is 16.3 Å². The van der Waals surface area contributed by atoms with Crippen LogP contribution in [0.4, 0.5) is 10.1 Å². The van der Waals surface area contributed by atoms with Gasteiger partial charge in [0, 0.05) is 18.1 Å². The Morgan fingerprint density at radius 1 is 0.976 bits per heavy atom. The van der Waals surface area contributed by atoms with Gasteiger partial charge in [0.25, 0.3) is 10.0 Å². The third-order valence-corrected chi connectivity index (χ3v) is 8.56. The van der Waals surface area contributed by atoms with Gasteiger partial charge in [0.15, 0.2) is 0 Å². The summed E-state index contributed by atoms with van der Waals surface area (Å²) in [5.41, 5.74) is 0.816. The Balaban J connectivity index is 2.02. The summed E-state index contributed by atoms with van der Waals surface area (Å²) in [7, 11) is -2.82. The molecule has 8 nitrogen and oxygen atoms in total. The van der Waals surface area contributed by atoms with E-state index in [0.29, 0.717) is 29.3 Å². The van der Waals surface area contributed by atoms with Crippen molar-refractivity contribution >= 4 is 39.1 Å². The van der Waals surface area contributed by atoms with Crippen LogP contribution in [0.2, 0.25) is 5.02 Å². The number of benzene rings is 3. The van der Waals surface area contributed by atoms with Gasteiger partial charge in [-0.3, -0.25) is 13.9 Å². The standard InChI is InChI=1S/C30H35ClFN3O5S/c1-4-6-19-33-30(37)28(5-2)34(20-22-7-9-23(31)10-8-22)29(36)21-35(25-13-11-24(32)12-14-25)41(38,39)27-17-15-26(40-3)16-18-27/h7-18,28H,4-6,19-21H2,1-3H3,(H,33,37)/t28-/m0/s1. The number of anilines is 1. The number of hydrogen-bond acceptors (Lipinski definition) is 5. The highest BCUT2D eigenvalue weighted by molar-refractivity contribution is 7.92. The molecule has 41 heavy (non-hydrogen) atoms. The summed E-state index contributed by atoms with van der Waals surface area (Å²) in [6.45, 7) is 3.69. The van der Waals surface area contributed by atoms with E-state index in [1.807, 2.05) is 6.92 Å². The predicted molar refractivity (Wildman–Crippen MR) is 158 cm³/mol. The third-order valence-electron chi connectivity index (χ3n) is 6.52. The molecule has 0 spiro atoms. The van der Waals surface area contributed by atoms with Crippen LogP contribution >= 0.6 is 11.6 Å². The van der Waals surface area contributed by atoms with Gasteiger partial charge in [0.1, 0.15) is 24.2 Å². The Bertz CT molecular complexity index is 1400. The number of carbonyl (C=O) groups is 2. The lowest BCUT2D eigenvalue weighted by Gasteiger charge is -2.33. The normalized spacial score (nSPS) is 11.9. The number of nitrogens with one attached hydrogen (secondary N) is 1. The van der Waals surface area contributed by atoms with E-state index in [1.54, 1.807) is 31.2 Å². The summed E-state index contributed by atoms with van der Waals surface area (Å²) in [5, 5.41) is 3.40. The Morgan fingerprint density at radius 3 is 2.17 bits per heavy atom. The molecule has 3 aromatic carbocycles. The number of methoxy groups -OCH3 is 1. The highest BCUT2D eigenvalue weighted by atomic mass is 35.5. The number of halogens is 2. The van der Waals surface area contributed by atoms with Gasteiger partial charge in [-0.15, -0.1) is 0 Å². The van der Waals surface area contributed by atoms with E-state index >= 15 is 0 Å². The largest absolute Gasteiger partial charge is 0.497 e. The number of unbranched alkanes of at least 4 members (excludes halogenated alkanes) is 1. The van der Waals surface area contributed by atoms with Crippen molar-refractivity contribution in [2.45, 2.75) is 50.6 Å². The maximum Gasteiger partial charge on any atom is 0.264 e. The van der Waals surface area contributed by atoms with Crippen LogP contribution in [-0.4, -0.2) is 51.4 Å². The van der Waals surface area contributed by atoms with Gasteiger partial charge in [-0.05, 0) is 79.1 Å². The molecule has 1 N–H and O–H groups in total. The molecule has 220 valence electrons. The summed E-state index contributed by atoms with van der Waals surface area (Å²) in [6, 6.07) is 16.6. The second kappa shape index (κ2) is 14.8. The minimum absolute atomic E-state index is 0.0511. The zero-order valence-corrected chi connectivity index (χ0v) is 24.9. The van der Waals surface area contributed by atoms with Gasteiger partial charge in [0.05, 0.1) is 17.7 Å². The molecule has 0 bridgehead atoms. The van der Waals surface area contributed by atoms with Crippen molar-refractivity contribution in [2.75, 3.05) is 24.5 Å². The van der Waals surface area contributed by atoms with Crippen molar-refractivity contribution in [1.29, 1.82) is 0 Å². The molecule has 0 aliphatic rings. The minimum Gasteiger partial charge on any atom is -0.497 e. The Labute approximate surface area is 246 Å². The average molecular weight is 604 g/mol. The predicted octanol–water partition coefficient (Wildman–Crippen LogP) is 5.41. The zero-order valence-electron chi connectivity index (χ0n) is 23.3. The second-order valence-corrected chi connectivity index (χ2v) is 11.7. The topological polar surface area (TPSA) is 96.0 Å². The summed E-state index contributed by atoms with van der Waals surface area (Å²) < 4.78 is 47.5. The van der Waals surface area contributed by atoms with Crippen molar-refractivity contribution in [1.82, 2.24) is 10.2 Å². The highest BCUT2D eigenvalue weighted by Gasteiger charge is 2.33. The van der Waals surface area contributed by atoms with Gasteiger partial charge in [0.2, 0.25) is 11.8 Å². The third kappa shape index (κ3) is 8.43. The highest BCUT2D eigenvalue weighted by Crippen LogP contribution is 2.26. The molecule has 0 fully saturated rings. The number of nitrogens with zero attached hydrogens (tertiary/aromatic N) is 2. The van der Waals surface area contributed by atoms with Gasteiger partial charge >= 0.3 is 0 Å². The number of ether oxygens (including phenoxy) is 1. The van der Waals surface area contributed by atoms with E-state index in [9.17, 15) is 22.4 Å². The van der Waals surface area contributed by atoms with Crippen LogP contribution in [0, 0.1) is 5.82 Å². The van der Waals surface area contributed by atoms with Crippen molar-refractivity contribution in [3.05, 3.63) is 89.2 Å². The summed E-state index contributed by atoms with van der Waals surface area (Å²) in [5.74, 6) is -1.02. The molecule has 0 aliphatic heterocycles. The number of hydrogen-bond donors (Lipinski definition) is 1. The number of amides is 2. The lowest BCUT2D eigenvalue weighted by atomic mass is 10.1. The van der Waals surface area contributed by atoms with Crippen LogP contribution < -0.4 is 14.4 Å². The number of carbonyl (C=O) groups excluding carboxylic acids is 2. The van der Waals surface area contributed by atoms with Gasteiger partial charge in [-0.1, -0.05) is 44.0 Å². The molecule has 0 saturated carbocycles. The molecule has 0 unspecified atom stereocenters. The molecular formula is C30H35ClFN3O5S. The molecular weight excluding hydrogens is 569 g/mol. The Hall–Kier alpha value is -3.63. The van der Waals surface area contributed by atoms with E-state index in [-0.39, 0.29) is 23.0 Å². The first kappa shape index (κ1) is 31.9. The first-order valence-electron chi connectivity index (χ1n) is 13.3. The molecule has 0 heterocycles. The van der Waals surface area contributed by atoms with Gasteiger partial charge in [-0.25, -0.2) is 12.8 Å². The van der Waals surface area contributed by atoms with Gasteiger partial charge in [-0.2, -0.15) is 0 Å². The molecule has 0 aliphatic carbocycles. The smallest absolute Gasteiger partial charge is 0.264 e. The van der Waals surface area contributed by atoms with Crippen molar-refractivity contribution in [3.8, 4) is 5.75 Å². The summed E-state index contributed by atoms with van der Waals surface area (Å²) in [4.78, 5) is 28.5. The van der Waals surface area contributed by atoms with Crippen LogP contribution in [0.25, 0.3) is 0 Å². The van der Waals surface area contributed by atoms with E-state index in [1.165, 1.54) is 48.4 Å². The summed E-state index contributed by atoms with van der Waals surface area (Å²) in [6.07, 6.45) is 1.98. The quantitative estimate of drug-likeness (QED) is 0.249. The van der Waals surface area contributed by atoms with Gasteiger partial charge < -0.3 is 15.0 Å². The molecule has 11 heteroatoms. The number of rotatable bonds is 14. The lowest BCUT2D eigenvalue weighted by Crippen LogP contribution is -2.52. The van der Waals surface area contributed by atoms with Crippen LogP contribution in [0.3, 0.4) is 0 Å². The fraction of sp³-hybridized carbons (Fsp3) is 0.333. The maximum atomic E-state index is 14.0. The molecule has 3 rings (SSSR count). The van der Waals surface area contributed by atoms with Crippen LogP contribution in [-0.2, 0) is 26.2 Å².